The van der Waals surface area contributed by atoms with Gasteiger partial charge in [0.05, 0.1) is 0 Å². The van der Waals surface area contributed by atoms with E-state index in [9.17, 15) is 8.42 Å². The van der Waals surface area contributed by atoms with E-state index in [1.54, 1.807) is 7.05 Å². The molecule has 1 fully saturated rings. The molecule has 4 nitrogen and oxygen atoms in total. The van der Waals surface area contributed by atoms with Crippen LogP contribution < -0.4 is 4.72 Å². The second-order valence-corrected chi connectivity index (χ2v) is 7.62. The summed E-state index contributed by atoms with van der Waals surface area (Å²) in [6.45, 7) is 2.86. The van der Waals surface area contributed by atoms with Gasteiger partial charge < -0.3 is 0 Å². The minimum atomic E-state index is -3.33. The molecular formula is C15H24N2O2S. The van der Waals surface area contributed by atoms with Crippen molar-refractivity contribution in [2.75, 3.05) is 20.1 Å². The molecule has 1 aliphatic carbocycles. The molecule has 0 spiro atoms. The average Bonchev–Trinajstić information content (AvgIpc) is 2.41. The van der Waals surface area contributed by atoms with E-state index in [1.807, 2.05) is 25.1 Å². The van der Waals surface area contributed by atoms with Crippen molar-refractivity contribution in [3.05, 3.63) is 35.9 Å². The largest absolute Gasteiger partial charge is 0.279 e. The molecule has 0 amide bonds. The van der Waals surface area contributed by atoms with Crippen molar-refractivity contribution in [1.29, 1.82) is 0 Å². The fraction of sp³-hybridized carbons (Fsp3) is 0.600. The Kier molecular flexibility index (Phi) is 4.83. The second kappa shape index (κ2) is 6.24. The van der Waals surface area contributed by atoms with E-state index < -0.39 is 10.2 Å². The first-order valence-corrected chi connectivity index (χ1v) is 8.66. The zero-order valence-electron chi connectivity index (χ0n) is 12.3. The SMILES string of the molecule is CCN(C)S(=O)(=O)NCC1(Cc2ccccc2)CCC1. The molecule has 1 N–H and O–H groups in total. The van der Waals surface area contributed by atoms with E-state index in [1.165, 1.54) is 16.3 Å². The highest BCUT2D eigenvalue weighted by Crippen LogP contribution is 2.43. The fourth-order valence-corrected chi connectivity index (χ4v) is 3.70. The number of rotatable bonds is 7. The number of hydrogen-bond donors (Lipinski definition) is 1. The topological polar surface area (TPSA) is 49.4 Å². The third-order valence-corrected chi connectivity index (χ3v) is 5.91. The first kappa shape index (κ1) is 15.5. The molecule has 1 saturated carbocycles. The van der Waals surface area contributed by atoms with E-state index in [0.29, 0.717) is 13.1 Å². The minimum absolute atomic E-state index is 0.100. The lowest BCUT2D eigenvalue weighted by atomic mass is 9.65. The van der Waals surface area contributed by atoms with Crippen LogP contribution in [0.4, 0.5) is 0 Å². The predicted octanol–water partition coefficient (Wildman–Crippen LogP) is 2.19. The maximum absolute atomic E-state index is 12.0. The van der Waals surface area contributed by atoms with Gasteiger partial charge in [0.15, 0.2) is 0 Å². The first-order valence-electron chi connectivity index (χ1n) is 7.22. The first-order chi connectivity index (χ1) is 9.47. The minimum Gasteiger partial charge on any atom is -0.202 e. The zero-order valence-corrected chi connectivity index (χ0v) is 13.1. The van der Waals surface area contributed by atoms with Gasteiger partial charge in [0, 0.05) is 20.1 Å². The van der Waals surface area contributed by atoms with Crippen molar-refractivity contribution in [3.8, 4) is 0 Å². The Morgan fingerprint density at radius 1 is 1.25 bits per heavy atom. The summed E-state index contributed by atoms with van der Waals surface area (Å²) in [5.74, 6) is 0. The van der Waals surface area contributed by atoms with Gasteiger partial charge in [-0.05, 0) is 30.2 Å². The van der Waals surface area contributed by atoms with Crippen molar-refractivity contribution in [2.45, 2.75) is 32.6 Å². The Hall–Kier alpha value is -0.910. The van der Waals surface area contributed by atoms with Crippen LogP contribution >= 0.6 is 0 Å². The predicted molar refractivity (Wildman–Crippen MR) is 81.7 cm³/mol. The molecular weight excluding hydrogens is 272 g/mol. The van der Waals surface area contributed by atoms with Crippen molar-refractivity contribution >= 4 is 10.2 Å². The van der Waals surface area contributed by atoms with Crippen LogP contribution in [0.2, 0.25) is 0 Å². The van der Waals surface area contributed by atoms with E-state index >= 15 is 0 Å². The summed E-state index contributed by atoms with van der Waals surface area (Å²) in [6.07, 6.45) is 4.34. The van der Waals surface area contributed by atoms with Crippen LogP contribution in [0.1, 0.15) is 31.7 Å². The molecule has 0 heterocycles. The molecule has 0 aliphatic heterocycles. The standard InChI is InChI=1S/C15H24N2O2S/c1-3-17(2)20(18,19)16-13-15(10-7-11-15)12-14-8-5-4-6-9-14/h4-6,8-9,16H,3,7,10-13H2,1-2H3. The summed E-state index contributed by atoms with van der Waals surface area (Å²) in [4.78, 5) is 0. The Morgan fingerprint density at radius 2 is 1.90 bits per heavy atom. The van der Waals surface area contributed by atoms with Gasteiger partial charge in [-0.15, -0.1) is 0 Å². The monoisotopic (exact) mass is 296 g/mol. The third-order valence-electron chi connectivity index (χ3n) is 4.32. The summed E-state index contributed by atoms with van der Waals surface area (Å²) in [5.41, 5.74) is 1.39. The molecule has 112 valence electrons. The van der Waals surface area contributed by atoms with E-state index in [4.69, 9.17) is 0 Å². The van der Waals surface area contributed by atoms with E-state index in [-0.39, 0.29) is 5.41 Å². The number of nitrogens with zero attached hydrogens (tertiary/aromatic N) is 1. The Morgan fingerprint density at radius 3 is 2.40 bits per heavy atom. The van der Waals surface area contributed by atoms with Gasteiger partial charge in [0.1, 0.15) is 0 Å². The van der Waals surface area contributed by atoms with Crippen LogP contribution in [0.3, 0.4) is 0 Å². The second-order valence-electron chi connectivity index (χ2n) is 5.76. The zero-order chi connectivity index (χ0) is 14.6. The number of benzene rings is 1. The highest BCUT2D eigenvalue weighted by molar-refractivity contribution is 7.87. The molecule has 0 aromatic heterocycles. The van der Waals surface area contributed by atoms with Crippen LogP contribution in [0.15, 0.2) is 30.3 Å². The maximum Gasteiger partial charge on any atom is 0.279 e. The molecule has 1 aromatic carbocycles. The lowest BCUT2D eigenvalue weighted by molar-refractivity contribution is 0.138. The lowest BCUT2D eigenvalue weighted by Crippen LogP contribution is -2.47. The Bertz CT molecular complexity index is 524. The molecule has 1 aliphatic rings. The van der Waals surface area contributed by atoms with Crippen molar-refractivity contribution in [1.82, 2.24) is 9.03 Å². The van der Waals surface area contributed by atoms with E-state index in [0.717, 1.165) is 19.3 Å². The summed E-state index contributed by atoms with van der Waals surface area (Å²) >= 11 is 0. The van der Waals surface area contributed by atoms with Gasteiger partial charge in [-0.25, -0.2) is 4.72 Å². The molecule has 2 rings (SSSR count). The smallest absolute Gasteiger partial charge is 0.202 e. The van der Waals surface area contributed by atoms with Gasteiger partial charge in [-0.3, -0.25) is 0 Å². The summed E-state index contributed by atoms with van der Waals surface area (Å²) < 4.78 is 28.2. The summed E-state index contributed by atoms with van der Waals surface area (Å²) in [6, 6.07) is 10.3. The summed E-state index contributed by atoms with van der Waals surface area (Å²) in [5, 5.41) is 0. The highest BCUT2D eigenvalue weighted by Gasteiger charge is 2.38. The maximum atomic E-state index is 12.0. The normalized spacial score (nSPS) is 17.9. The molecule has 1 aromatic rings. The van der Waals surface area contributed by atoms with Gasteiger partial charge in [-0.1, -0.05) is 43.7 Å². The average molecular weight is 296 g/mol. The number of hydrogen-bond acceptors (Lipinski definition) is 2. The molecule has 0 radical (unpaired) electrons. The van der Waals surface area contributed by atoms with Crippen molar-refractivity contribution in [2.24, 2.45) is 5.41 Å². The van der Waals surface area contributed by atoms with Crippen LogP contribution in [-0.2, 0) is 16.6 Å². The summed E-state index contributed by atoms with van der Waals surface area (Å²) in [7, 11) is -1.72. The van der Waals surface area contributed by atoms with Crippen LogP contribution in [0, 0.1) is 5.41 Å². The fourth-order valence-electron chi connectivity index (χ4n) is 2.65. The third kappa shape index (κ3) is 3.59. The lowest BCUT2D eigenvalue weighted by Gasteiger charge is -2.42. The van der Waals surface area contributed by atoms with Gasteiger partial charge >= 0.3 is 0 Å². The van der Waals surface area contributed by atoms with Crippen molar-refractivity contribution in [3.63, 3.8) is 0 Å². The van der Waals surface area contributed by atoms with Gasteiger partial charge in [0.2, 0.25) is 0 Å². The van der Waals surface area contributed by atoms with Gasteiger partial charge in [-0.2, -0.15) is 12.7 Å². The highest BCUT2D eigenvalue weighted by atomic mass is 32.2. The van der Waals surface area contributed by atoms with Crippen LogP contribution in [0.5, 0.6) is 0 Å². The molecule has 0 unspecified atom stereocenters. The van der Waals surface area contributed by atoms with Crippen LogP contribution in [-0.4, -0.2) is 32.9 Å². The quantitative estimate of drug-likeness (QED) is 0.838. The van der Waals surface area contributed by atoms with Crippen molar-refractivity contribution < 1.29 is 8.42 Å². The molecule has 0 bridgehead atoms. The Labute approximate surface area is 122 Å². The molecule has 0 saturated heterocycles. The Balaban J connectivity index is 1.99. The molecule has 20 heavy (non-hydrogen) atoms. The van der Waals surface area contributed by atoms with Gasteiger partial charge in [0.25, 0.3) is 10.2 Å². The molecule has 0 atom stereocenters. The van der Waals surface area contributed by atoms with Crippen LogP contribution in [0.25, 0.3) is 0 Å². The van der Waals surface area contributed by atoms with E-state index in [2.05, 4.69) is 16.9 Å². The molecule has 5 heteroatoms. The number of nitrogens with one attached hydrogen (secondary N) is 1.